The number of likely N-dealkylation sites (tertiary alicyclic amines) is 1. The molecule has 0 aromatic heterocycles. The summed E-state index contributed by atoms with van der Waals surface area (Å²) in [4.78, 5) is 26.3. The number of nitrogens with one attached hydrogen (secondary N) is 1. The number of carbonyl (C=O) groups is 2. The Hall–Kier alpha value is -1.88. The molecule has 1 spiro atoms. The van der Waals surface area contributed by atoms with Crippen LogP contribution in [0.25, 0.3) is 0 Å². The quantitative estimate of drug-likeness (QED) is 0.662. The maximum Gasteiger partial charge on any atom is 0.274 e. The molecule has 1 aliphatic carbocycles. The van der Waals surface area contributed by atoms with Crippen LogP contribution in [0, 0.1) is 5.41 Å². The molecule has 0 saturated carbocycles. The molecule has 118 valence electrons. The van der Waals surface area contributed by atoms with Crippen LogP contribution in [-0.4, -0.2) is 35.0 Å². The van der Waals surface area contributed by atoms with Crippen LogP contribution in [0.15, 0.2) is 18.2 Å². The molecule has 5 nitrogen and oxygen atoms in total. The van der Waals surface area contributed by atoms with Gasteiger partial charge < -0.3 is 4.90 Å². The van der Waals surface area contributed by atoms with Crippen LogP contribution in [0.5, 0.6) is 0 Å². The number of fused-ring (bicyclic) bond motifs is 1. The molecule has 1 saturated heterocycles. The van der Waals surface area contributed by atoms with E-state index in [0.29, 0.717) is 12.0 Å². The average Bonchev–Trinajstić information content (AvgIpc) is 2.83. The van der Waals surface area contributed by atoms with Crippen LogP contribution in [0.1, 0.15) is 47.7 Å². The number of carbonyl (C=O) groups excluding carboxylic acids is 2. The van der Waals surface area contributed by atoms with Gasteiger partial charge in [0, 0.05) is 18.7 Å². The highest BCUT2D eigenvalue weighted by Crippen LogP contribution is 2.43. The predicted octanol–water partition coefficient (Wildman–Crippen LogP) is 1.92. The lowest BCUT2D eigenvalue weighted by molar-refractivity contribution is -0.136. The largest absolute Gasteiger partial charge is 0.342 e. The molecule has 1 atom stereocenters. The molecule has 2 amide bonds. The maximum absolute atomic E-state index is 12.8. The van der Waals surface area contributed by atoms with E-state index in [2.05, 4.69) is 6.92 Å². The molecule has 1 heterocycles. The second kappa shape index (κ2) is 5.72. The third-order valence-electron chi connectivity index (χ3n) is 5.07. The van der Waals surface area contributed by atoms with Crippen molar-refractivity contribution in [3.05, 3.63) is 34.9 Å². The summed E-state index contributed by atoms with van der Waals surface area (Å²) in [6.45, 7) is 3.77. The monoisotopic (exact) mass is 302 g/mol. The highest BCUT2D eigenvalue weighted by molar-refractivity contribution is 5.93. The summed E-state index contributed by atoms with van der Waals surface area (Å²) < 4.78 is 0. The first-order valence-electron chi connectivity index (χ1n) is 7.95. The Labute approximate surface area is 130 Å². The number of amides is 2. The fourth-order valence-corrected chi connectivity index (χ4v) is 3.84. The summed E-state index contributed by atoms with van der Waals surface area (Å²) in [7, 11) is 0. The number of hydrogen-bond donors (Lipinski definition) is 2. The van der Waals surface area contributed by atoms with Gasteiger partial charge in [0.05, 0.1) is 5.41 Å². The minimum Gasteiger partial charge on any atom is -0.342 e. The smallest absolute Gasteiger partial charge is 0.274 e. The Morgan fingerprint density at radius 2 is 2.18 bits per heavy atom. The van der Waals surface area contributed by atoms with Gasteiger partial charge in [-0.05, 0) is 55.4 Å². The minimum atomic E-state index is -0.507. The molecular weight excluding hydrogens is 280 g/mol. The lowest BCUT2D eigenvalue weighted by atomic mass is 9.70. The van der Waals surface area contributed by atoms with Crippen LogP contribution in [0.3, 0.4) is 0 Å². The standard InChI is InChI=1S/C17H22N2O3/c1-2-8-19-9-7-17(16(19)21)6-5-12-3-4-13(15(20)18-22)10-14(12)11-17/h3-4,10,22H,2,5-9,11H2,1H3,(H,18,20)/t17-/m1/s1. The molecule has 22 heavy (non-hydrogen) atoms. The number of hydroxylamine groups is 1. The molecular formula is C17H22N2O3. The van der Waals surface area contributed by atoms with Crippen LogP contribution in [-0.2, 0) is 17.6 Å². The second-order valence-corrected chi connectivity index (χ2v) is 6.42. The summed E-state index contributed by atoms with van der Waals surface area (Å²) in [6.07, 6.45) is 4.36. The SMILES string of the molecule is CCCN1CC[C@@]2(CCc3ccc(C(=O)NO)cc3C2)C1=O. The van der Waals surface area contributed by atoms with E-state index in [-0.39, 0.29) is 11.3 Å². The molecule has 0 bridgehead atoms. The number of benzene rings is 1. The lowest BCUT2D eigenvalue weighted by Gasteiger charge is -2.33. The summed E-state index contributed by atoms with van der Waals surface area (Å²) in [5.41, 5.74) is 4.10. The van der Waals surface area contributed by atoms with Crippen molar-refractivity contribution >= 4 is 11.8 Å². The van der Waals surface area contributed by atoms with E-state index in [1.54, 1.807) is 11.5 Å². The fourth-order valence-electron chi connectivity index (χ4n) is 3.84. The van der Waals surface area contributed by atoms with Gasteiger partial charge in [0.15, 0.2) is 0 Å². The van der Waals surface area contributed by atoms with Crippen molar-refractivity contribution in [3.63, 3.8) is 0 Å². The van der Waals surface area contributed by atoms with Crippen LogP contribution in [0.4, 0.5) is 0 Å². The Balaban J connectivity index is 1.87. The van der Waals surface area contributed by atoms with E-state index >= 15 is 0 Å². The zero-order chi connectivity index (χ0) is 15.7. The first kappa shape index (κ1) is 15.0. The molecule has 1 fully saturated rings. The number of nitrogens with zero attached hydrogens (tertiary/aromatic N) is 1. The normalized spacial score (nSPS) is 23.7. The van der Waals surface area contributed by atoms with Gasteiger partial charge in [-0.2, -0.15) is 0 Å². The molecule has 1 aromatic rings. The molecule has 0 unspecified atom stereocenters. The molecule has 1 aromatic carbocycles. The first-order valence-corrected chi connectivity index (χ1v) is 7.95. The molecule has 2 aliphatic rings. The Morgan fingerprint density at radius 1 is 1.36 bits per heavy atom. The fraction of sp³-hybridized carbons (Fsp3) is 0.529. The number of rotatable bonds is 3. The summed E-state index contributed by atoms with van der Waals surface area (Å²) >= 11 is 0. The summed E-state index contributed by atoms with van der Waals surface area (Å²) in [5.74, 6) is -0.232. The maximum atomic E-state index is 12.8. The zero-order valence-corrected chi connectivity index (χ0v) is 12.9. The van der Waals surface area contributed by atoms with Crippen molar-refractivity contribution in [2.24, 2.45) is 5.41 Å². The molecule has 0 radical (unpaired) electrons. The van der Waals surface area contributed by atoms with Crippen molar-refractivity contribution < 1.29 is 14.8 Å². The van der Waals surface area contributed by atoms with Gasteiger partial charge in [-0.25, -0.2) is 5.48 Å². The van der Waals surface area contributed by atoms with E-state index in [4.69, 9.17) is 5.21 Å². The van der Waals surface area contributed by atoms with Crippen molar-refractivity contribution in [2.45, 2.75) is 39.0 Å². The van der Waals surface area contributed by atoms with Gasteiger partial charge in [-0.15, -0.1) is 0 Å². The Bertz CT molecular complexity index is 614. The first-order chi connectivity index (χ1) is 10.6. The third-order valence-corrected chi connectivity index (χ3v) is 5.07. The van der Waals surface area contributed by atoms with Gasteiger partial charge in [0.2, 0.25) is 5.91 Å². The second-order valence-electron chi connectivity index (χ2n) is 6.42. The van der Waals surface area contributed by atoms with E-state index < -0.39 is 5.91 Å². The molecule has 5 heteroatoms. The number of hydrogen-bond acceptors (Lipinski definition) is 3. The van der Waals surface area contributed by atoms with Crippen molar-refractivity contribution in [1.29, 1.82) is 0 Å². The molecule has 3 rings (SSSR count). The van der Waals surface area contributed by atoms with Gasteiger partial charge >= 0.3 is 0 Å². The lowest BCUT2D eigenvalue weighted by Crippen LogP contribution is -2.39. The van der Waals surface area contributed by atoms with E-state index in [9.17, 15) is 9.59 Å². The van der Waals surface area contributed by atoms with Gasteiger partial charge in [-0.3, -0.25) is 14.8 Å². The van der Waals surface area contributed by atoms with E-state index in [1.165, 1.54) is 5.56 Å². The highest BCUT2D eigenvalue weighted by atomic mass is 16.5. The van der Waals surface area contributed by atoms with E-state index in [0.717, 1.165) is 44.3 Å². The van der Waals surface area contributed by atoms with Gasteiger partial charge in [0.25, 0.3) is 5.91 Å². The van der Waals surface area contributed by atoms with Gasteiger partial charge in [0.1, 0.15) is 0 Å². The molecule has 1 aliphatic heterocycles. The van der Waals surface area contributed by atoms with Crippen molar-refractivity contribution in [1.82, 2.24) is 10.4 Å². The van der Waals surface area contributed by atoms with Crippen LogP contribution in [0.2, 0.25) is 0 Å². The third kappa shape index (κ3) is 2.39. The highest BCUT2D eigenvalue weighted by Gasteiger charge is 2.47. The molecule has 2 N–H and O–H groups in total. The topological polar surface area (TPSA) is 69.6 Å². The Kier molecular flexibility index (Phi) is 3.91. The van der Waals surface area contributed by atoms with Crippen molar-refractivity contribution in [2.75, 3.05) is 13.1 Å². The van der Waals surface area contributed by atoms with Crippen LogP contribution >= 0.6 is 0 Å². The average molecular weight is 302 g/mol. The summed E-state index contributed by atoms with van der Waals surface area (Å²) in [6, 6.07) is 5.48. The van der Waals surface area contributed by atoms with Crippen LogP contribution < -0.4 is 5.48 Å². The predicted molar refractivity (Wildman–Crippen MR) is 81.6 cm³/mol. The summed E-state index contributed by atoms with van der Waals surface area (Å²) in [5, 5.41) is 8.77. The Morgan fingerprint density at radius 3 is 2.91 bits per heavy atom. The van der Waals surface area contributed by atoms with Crippen molar-refractivity contribution in [3.8, 4) is 0 Å². The van der Waals surface area contributed by atoms with Gasteiger partial charge in [-0.1, -0.05) is 13.0 Å². The zero-order valence-electron chi connectivity index (χ0n) is 12.9. The van der Waals surface area contributed by atoms with E-state index in [1.807, 2.05) is 17.0 Å². The number of aryl methyl sites for hydroxylation is 1. The minimum absolute atomic E-state index is 0.275.